The number of phenols is 1. The van der Waals surface area contributed by atoms with E-state index in [-0.39, 0.29) is 17.1 Å². The van der Waals surface area contributed by atoms with Gasteiger partial charge in [0, 0.05) is 0 Å². The maximum atomic E-state index is 10.8. The Labute approximate surface area is 94.9 Å². The lowest BCUT2D eigenvalue weighted by Gasteiger charge is -2.06. The van der Waals surface area contributed by atoms with Crippen LogP contribution in [0.1, 0.15) is 5.56 Å². The van der Waals surface area contributed by atoms with E-state index in [4.69, 9.17) is 9.84 Å². The molecule has 0 bridgehead atoms. The van der Waals surface area contributed by atoms with Gasteiger partial charge in [0.25, 0.3) is 0 Å². The third-order valence-electron chi connectivity index (χ3n) is 1.83. The summed E-state index contributed by atoms with van der Waals surface area (Å²) in [6.45, 7) is 0. The highest BCUT2D eigenvalue weighted by Gasteiger charge is 2.12. The van der Waals surface area contributed by atoms with Crippen molar-refractivity contribution >= 4 is 27.5 Å². The minimum atomic E-state index is -1.06. The smallest absolute Gasteiger partial charge is 0.336 e. The predicted octanol–water partition coefficient (Wildman–Crippen LogP) is 2.22. The molecular weight excluding hydrogens is 264 g/mol. The van der Waals surface area contributed by atoms with Gasteiger partial charge in [-0.2, -0.15) is 0 Å². The second kappa shape index (κ2) is 4.84. The third-order valence-corrected chi connectivity index (χ3v) is 2.29. The average Bonchev–Trinajstić information content (AvgIpc) is 2.21. The summed E-state index contributed by atoms with van der Waals surface area (Å²) in [5.41, 5.74) is 0.544. The maximum Gasteiger partial charge on any atom is 0.336 e. The van der Waals surface area contributed by atoms with Crippen LogP contribution in [0.25, 0.3) is 5.57 Å². The zero-order valence-corrected chi connectivity index (χ0v) is 9.48. The van der Waals surface area contributed by atoms with Gasteiger partial charge in [-0.25, -0.2) is 4.79 Å². The number of hydrogen-bond donors (Lipinski definition) is 2. The van der Waals surface area contributed by atoms with Crippen LogP contribution >= 0.6 is 15.9 Å². The van der Waals surface area contributed by atoms with E-state index in [1.165, 1.54) is 30.3 Å². The van der Waals surface area contributed by atoms with Gasteiger partial charge in [-0.05, 0) is 22.7 Å². The van der Waals surface area contributed by atoms with Crippen LogP contribution in [0, 0.1) is 0 Å². The highest BCUT2D eigenvalue weighted by atomic mass is 79.9. The monoisotopic (exact) mass is 272 g/mol. The molecule has 0 unspecified atom stereocenters. The van der Waals surface area contributed by atoms with Crippen LogP contribution < -0.4 is 4.74 Å². The summed E-state index contributed by atoms with van der Waals surface area (Å²) in [4.78, 5) is 12.1. The first-order valence-corrected chi connectivity index (χ1v) is 4.92. The fraction of sp³-hybridized carbons (Fsp3) is 0.100. The van der Waals surface area contributed by atoms with E-state index in [2.05, 4.69) is 15.9 Å². The number of aromatic hydroxyl groups is 1. The van der Waals surface area contributed by atoms with E-state index in [1.807, 2.05) is 0 Å². The molecule has 0 spiro atoms. The molecule has 0 atom stereocenters. The Morgan fingerprint density at radius 2 is 2.20 bits per heavy atom. The van der Waals surface area contributed by atoms with Gasteiger partial charge in [0.15, 0.2) is 11.5 Å². The minimum Gasteiger partial charge on any atom is -0.504 e. The Bertz CT molecular complexity index is 412. The average molecular weight is 273 g/mol. The zero-order chi connectivity index (χ0) is 11.4. The van der Waals surface area contributed by atoms with Crippen LogP contribution in [0.5, 0.6) is 11.5 Å². The summed E-state index contributed by atoms with van der Waals surface area (Å²) in [5.74, 6) is -0.847. The van der Waals surface area contributed by atoms with E-state index in [9.17, 15) is 9.90 Å². The van der Waals surface area contributed by atoms with Crippen LogP contribution in [0.2, 0.25) is 0 Å². The fourth-order valence-corrected chi connectivity index (χ4v) is 1.54. The summed E-state index contributed by atoms with van der Waals surface area (Å²) < 4.78 is 4.87. The topological polar surface area (TPSA) is 66.8 Å². The number of aliphatic carboxylic acids is 1. The van der Waals surface area contributed by atoms with Crippen molar-refractivity contribution in [1.82, 2.24) is 0 Å². The van der Waals surface area contributed by atoms with Gasteiger partial charge in [0.05, 0.1) is 12.7 Å². The number of methoxy groups -OCH3 is 1. The lowest BCUT2D eigenvalue weighted by atomic mass is 10.1. The van der Waals surface area contributed by atoms with Crippen molar-refractivity contribution in [2.75, 3.05) is 7.11 Å². The van der Waals surface area contributed by atoms with E-state index in [0.29, 0.717) is 5.56 Å². The maximum absolute atomic E-state index is 10.8. The second-order valence-corrected chi connectivity index (χ2v) is 3.17. The number of carbonyl (C=O) groups is 1. The number of benzene rings is 1. The van der Waals surface area contributed by atoms with Crippen molar-refractivity contribution < 1.29 is 19.7 Å². The van der Waals surface area contributed by atoms with Crippen LogP contribution in [0.3, 0.4) is 0 Å². The molecule has 1 aromatic rings. The summed E-state index contributed by atoms with van der Waals surface area (Å²) in [6, 6.07) is 4.34. The van der Waals surface area contributed by atoms with E-state index in [0.717, 1.165) is 0 Å². The first kappa shape index (κ1) is 11.6. The highest BCUT2D eigenvalue weighted by molar-refractivity contribution is 9.11. The Kier molecular flexibility index (Phi) is 3.74. The molecule has 0 aromatic heterocycles. The van der Waals surface area contributed by atoms with Gasteiger partial charge in [-0.3, -0.25) is 0 Å². The van der Waals surface area contributed by atoms with Crippen molar-refractivity contribution in [3.8, 4) is 11.5 Å². The number of carboxylic acids is 1. The third kappa shape index (κ3) is 2.50. The summed E-state index contributed by atoms with van der Waals surface area (Å²) in [6.07, 6.45) is 0. The van der Waals surface area contributed by atoms with Gasteiger partial charge in [-0.15, -0.1) is 0 Å². The molecule has 0 radical (unpaired) electrons. The number of phenolic OH excluding ortho intramolecular Hbond substituents is 1. The lowest BCUT2D eigenvalue weighted by Crippen LogP contribution is -1.99. The predicted molar refractivity (Wildman–Crippen MR) is 59.2 cm³/mol. The molecule has 0 aliphatic rings. The number of carboxylic acid groups (broad SMARTS) is 1. The zero-order valence-electron chi connectivity index (χ0n) is 7.90. The largest absolute Gasteiger partial charge is 0.504 e. The lowest BCUT2D eigenvalue weighted by molar-refractivity contribution is -0.130. The molecule has 4 nitrogen and oxygen atoms in total. The Morgan fingerprint density at radius 1 is 1.53 bits per heavy atom. The molecule has 0 amide bonds. The van der Waals surface area contributed by atoms with Gasteiger partial charge in [0.2, 0.25) is 0 Å². The Balaban J connectivity index is 3.21. The molecule has 0 fully saturated rings. The molecule has 2 N–H and O–H groups in total. The van der Waals surface area contributed by atoms with Crippen molar-refractivity contribution in [2.45, 2.75) is 0 Å². The van der Waals surface area contributed by atoms with E-state index >= 15 is 0 Å². The number of hydrogen-bond acceptors (Lipinski definition) is 3. The summed E-state index contributed by atoms with van der Waals surface area (Å²) in [5, 5.41) is 18.2. The first-order valence-electron chi connectivity index (χ1n) is 4.01. The van der Waals surface area contributed by atoms with Crippen molar-refractivity contribution in [2.24, 2.45) is 0 Å². The van der Waals surface area contributed by atoms with E-state index < -0.39 is 5.97 Å². The Hall–Kier alpha value is -1.49. The Morgan fingerprint density at radius 3 is 2.67 bits per heavy atom. The summed E-state index contributed by atoms with van der Waals surface area (Å²) in [7, 11) is 1.40. The van der Waals surface area contributed by atoms with Gasteiger partial charge >= 0.3 is 5.97 Å². The molecular formula is C10H9BrO4. The molecule has 0 saturated carbocycles. The number of rotatable bonds is 3. The SMILES string of the molecule is COc1cc(C(=CBr)C(=O)O)ccc1O. The molecule has 0 aliphatic heterocycles. The number of ether oxygens (including phenoxy) is 1. The van der Waals surface area contributed by atoms with Gasteiger partial charge in [-0.1, -0.05) is 22.0 Å². The molecule has 5 heteroatoms. The molecule has 1 aromatic carbocycles. The van der Waals surface area contributed by atoms with Crippen LogP contribution in [-0.2, 0) is 4.79 Å². The fourth-order valence-electron chi connectivity index (χ4n) is 1.08. The normalized spacial score (nSPS) is 11.2. The molecule has 80 valence electrons. The summed E-state index contributed by atoms with van der Waals surface area (Å²) >= 11 is 2.97. The van der Waals surface area contributed by atoms with Crippen LogP contribution in [0.15, 0.2) is 23.2 Å². The van der Waals surface area contributed by atoms with Crippen LogP contribution in [0.4, 0.5) is 0 Å². The molecule has 15 heavy (non-hydrogen) atoms. The van der Waals surface area contributed by atoms with Crippen molar-refractivity contribution in [3.63, 3.8) is 0 Å². The first-order chi connectivity index (χ1) is 7.10. The van der Waals surface area contributed by atoms with Crippen molar-refractivity contribution in [3.05, 3.63) is 28.7 Å². The standard InChI is InChI=1S/C10H9BrO4/c1-15-9-4-6(2-3-8(9)12)7(5-11)10(13)14/h2-5,12H,1H3,(H,13,14). The molecule has 0 heterocycles. The molecule has 0 saturated heterocycles. The molecule has 1 rings (SSSR count). The van der Waals surface area contributed by atoms with E-state index in [1.54, 1.807) is 0 Å². The highest BCUT2D eigenvalue weighted by Crippen LogP contribution is 2.29. The van der Waals surface area contributed by atoms with Crippen molar-refractivity contribution in [1.29, 1.82) is 0 Å². The minimum absolute atomic E-state index is 0.0273. The quantitative estimate of drug-likeness (QED) is 0.829. The molecule has 0 aliphatic carbocycles. The van der Waals surface area contributed by atoms with Gasteiger partial charge in [0.1, 0.15) is 0 Å². The van der Waals surface area contributed by atoms with Gasteiger partial charge < -0.3 is 14.9 Å². The van der Waals surface area contributed by atoms with Crippen LogP contribution in [-0.4, -0.2) is 23.3 Å². The second-order valence-electron chi connectivity index (χ2n) is 2.71. The number of halogens is 1.